The fourth-order valence-corrected chi connectivity index (χ4v) is 4.34. The van der Waals surface area contributed by atoms with E-state index in [1.165, 1.54) is 31.8 Å². The number of esters is 1. The molecule has 4 rings (SSSR count). The molecule has 0 amide bonds. The Labute approximate surface area is 212 Å². The number of alkyl halides is 2. The molecule has 0 saturated heterocycles. The maximum absolute atomic E-state index is 15.1. The zero-order valence-electron chi connectivity index (χ0n) is 20.8. The molecule has 2 heterocycles. The van der Waals surface area contributed by atoms with Gasteiger partial charge in [-0.15, -0.1) is 10.2 Å². The Kier molecular flexibility index (Phi) is 7.40. The van der Waals surface area contributed by atoms with Gasteiger partial charge < -0.3 is 18.9 Å². The van der Waals surface area contributed by atoms with Crippen molar-refractivity contribution in [3.05, 3.63) is 64.7 Å². The fraction of sp³-hybridized carbons (Fsp3) is 0.385. The van der Waals surface area contributed by atoms with Crippen LogP contribution in [0, 0.1) is 11.3 Å². The molecule has 1 aliphatic rings. The molecule has 0 N–H and O–H groups in total. The van der Waals surface area contributed by atoms with Crippen LogP contribution >= 0.6 is 0 Å². The average Bonchev–Trinajstić information content (AvgIpc) is 3.31. The molecule has 0 aliphatic carbocycles. The summed E-state index contributed by atoms with van der Waals surface area (Å²) < 4.78 is 54.0. The maximum Gasteiger partial charge on any atom is 0.308 e. The van der Waals surface area contributed by atoms with Crippen molar-refractivity contribution in [3.8, 4) is 23.3 Å². The third-order valence-electron chi connectivity index (χ3n) is 6.10. The first-order valence-corrected chi connectivity index (χ1v) is 11.7. The van der Waals surface area contributed by atoms with Crippen molar-refractivity contribution in [2.75, 3.05) is 20.8 Å². The largest absolute Gasteiger partial charge is 0.493 e. The van der Waals surface area contributed by atoms with Crippen molar-refractivity contribution in [2.45, 2.75) is 44.8 Å². The summed E-state index contributed by atoms with van der Waals surface area (Å²) in [4.78, 5) is 12.5. The van der Waals surface area contributed by atoms with Crippen molar-refractivity contribution in [2.24, 2.45) is 0 Å². The van der Waals surface area contributed by atoms with E-state index in [-0.39, 0.29) is 24.4 Å². The average molecular weight is 513 g/mol. The topological polar surface area (TPSA) is 108 Å². The van der Waals surface area contributed by atoms with E-state index in [0.717, 1.165) is 0 Å². The van der Waals surface area contributed by atoms with Crippen LogP contribution in [0.1, 0.15) is 67.2 Å². The number of hydrogen-bond donors (Lipinski definition) is 0. The highest BCUT2D eigenvalue weighted by molar-refractivity contribution is 5.70. The van der Waals surface area contributed by atoms with Crippen molar-refractivity contribution in [1.29, 1.82) is 5.26 Å². The van der Waals surface area contributed by atoms with Gasteiger partial charge in [0.2, 0.25) is 5.82 Å². The minimum atomic E-state index is -3.32. The predicted molar refractivity (Wildman–Crippen MR) is 127 cm³/mol. The molecule has 0 fully saturated rings. The summed E-state index contributed by atoms with van der Waals surface area (Å²) in [6.07, 6.45) is -2.87. The summed E-state index contributed by atoms with van der Waals surface area (Å²) in [5, 5.41) is 17.5. The third-order valence-corrected chi connectivity index (χ3v) is 6.10. The lowest BCUT2D eigenvalue weighted by atomic mass is 9.96. The van der Waals surface area contributed by atoms with Crippen LogP contribution in [0.15, 0.2) is 36.4 Å². The number of aromatic nitrogens is 3. The van der Waals surface area contributed by atoms with Gasteiger partial charge in [-0.25, -0.2) is 0 Å². The van der Waals surface area contributed by atoms with Gasteiger partial charge in [-0.05, 0) is 31.2 Å². The van der Waals surface area contributed by atoms with Crippen LogP contribution in [0.25, 0.3) is 5.69 Å². The zero-order chi connectivity index (χ0) is 26.7. The molecule has 0 radical (unpaired) electrons. The summed E-state index contributed by atoms with van der Waals surface area (Å²) in [6, 6.07) is 11.9. The summed E-state index contributed by atoms with van der Waals surface area (Å²) in [5.41, 5.74) is 1.49. The van der Waals surface area contributed by atoms with Crippen LogP contribution in [0.3, 0.4) is 0 Å². The van der Waals surface area contributed by atoms with Crippen LogP contribution in [0.2, 0.25) is 0 Å². The van der Waals surface area contributed by atoms with Gasteiger partial charge in [0, 0.05) is 17.5 Å². The Hall–Kier alpha value is -4.04. The second-order valence-corrected chi connectivity index (χ2v) is 8.26. The molecule has 0 spiro atoms. The molecule has 1 aliphatic heterocycles. The Morgan fingerprint density at radius 1 is 1.16 bits per heavy atom. The normalized spacial score (nSPS) is 16.7. The second-order valence-electron chi connectivity index (χ2n) is 8.26. The summed E-state index contributed by atoms with van der Waals surface area (Å²) in [7, 11) is 2.96. The van der Waals surface area contributed by atoms with Gasteiger partial charge in [0.15, 0.2) is 17.3 Å². The molecule has 0 saturated carbocycles. The van der Waals surface area contributed by atoms with Crippen LogP contribution < -0.4 is 9.47 Å². The van der Waals surface area contributed by atoms with Gasteiger partial charge in [-0.1, -0.05) is 19.1 Å². The van der Waals surface area contributed by atoms with Gasteiger partial charge in [-0.3, -0.25) is 9.36 Å². The monoisotopic (exact) mass is 512 g/mol. The molecule has 9 nitrogen and oxygen atoms in total. The standard InChI is InChI=1S/C26H26F2N4O5/c1-5-26(27,28)25-31-30-24-20(13-21(33)36-6-2)37-22(16-8-7-9-19(34-3)23(16)35-4)17-12-15(14-29)10-11-18(17)32(24)25/h7-12,20,22H,5-6,13H2,1-4H3/t20-,22-/m1/s1. The number of hydrogen-bond acceptors (Lipinski definition) is 8. The van der Waals surface area contributed by atoms with Gasteiger partial charge in [0.25, 0.3) is 0 Å². The number of carbonyl (C=O) groups is 1. The second kappa shape index (κ2) is 10.5. The fourth-order valence-electron chi connectivity index (χ4n) is 4.34. The first-order valence-electron chi connectivity index (χ1n) is 11.7. The van der Waals surface area contributed by atoms with E-state index in [1.54, 1.807) is 37.3 Å². The molecule has 3 aromatic rings. The number of rotatable bonds is 8. The summed E-state index contributed by atoms with van der Waals surface area (Å²) in [6.45, 7) is 3.14. The van der Waals surface area contributed by atoms with E-state index in [9.17, 15) is 10.1 Å². The van der Waals surface area contributed by atoms with Gasteiger partial charge >= 0.3 is 11.9 Å². The van der Waals surface area contributed by atoms with E-state index in [4.69, 9.17) is 18.9 Å². The highest BCUT2D eigenvalue weighted by atomic mass is 19.3. The Morgan fingerprint density at radius 2 is 1.95 bits per heavy atom. The zero-order valence-corrected chi connectivity index (χ0v) is 20.8. The molecule has 0 unspecified atom stereocenters. The number of methoxy groups -OCH3 is 2. The first kappa shape index (κ1) is 26.0. The van der Waals surface area contributed by atoms with Gasteiger partial charge in [-0.2, -0.15) is 14.0 Å². The van der Waals surface area contributed by atoms with E-state index in [2.05, 4.69) is 16.3 Å². The van der Waals surface area contributed by atoms with Crippen LogP contribution in [0.4, 0.5) is 8.78 Å². The summed E-state index contributed by atoms with van der Waals surface area (Å²) in [5.74, 6) is -3.71. The van der Waals surface area contributed by atoms with Gasteiger partial charge in [0.1, 0.15) is 12.2 Å². The molecule has 11 heteroatoms. The molecular weight excluding hydrogens is 486 g/mol. The first-order chi connectivity index (χ1) is 17.8. The maximum atomic E-state index is 15.1. The summed E-state index contributed by atoms with van der Waals surface area (Å²) >= 11 is 0. The number of ether oxygens (including phenoxy) is 4. The molecule has 0 bridgehead atoms. The van der Waals surface area contributed by atoms with Crippen LogP contribution in [0.5, 0.6) is 11.5 Å². The minimum Gasteiger partial charge on any atom is -0.493 e. The lowest BCUT2D eigenvalue weighted by molar-refractivity contribution is -0.147. The highest BCUT2D eigenvalue weighted by Gasteiger charge is 2.42. The molecule has 37 heavy (non-hydrogen) atoms. The number of nitrogens with zero attached hydrogens (tertiary/aromatic N) is 4. The quantitative estimate of drug-likeness (QED) is 0.397. The van der Waals surface area contributed by atoms with E-state index in [1.807, 2.05) is 0 Å². The lowest BCUT2D eigenvalue weighted by Crippen LogP contribution is -2.20. The number of nitriles is 1. The Balaban J connectivity index is 2.03. The molecule has 1 aromatic heterocycles. The van der Waals surface area contributed by atoms with Crippen LogP contribution in [-0.2, 0) is 20.2 Å². The SMILES string of the molecule is CCOC(=O)C[C@H]1O[C@H](c2cccc(OC)c2OC)c2cc(C#N)ccc2-n2c1nnc2C(F)(F)CC. The minimum absolute atomic E-state index is 0.0199. The number of fused-ring (bicyclic) bond motifs is 3. The van der Waals surface area contributed by atoms with Crippen LogP contribution in [-0.4, -0.2) is 41.6 Å². The Morgan fingerprint density at radius 3 is 2.59 bits per heavy atom. The van der Waals surface area contributed by atoms with Crippen molar-refractivity contribution < 1.29 is 32.5 Å². The van der Waals surface area contributed by atoms with Crippen molar-refractivity contribution in [3.63, 3.8) is 0 Å². The van der Waals surface area contributed by atoms with Crippen molar-refractivity contribution >= 4 is 5.97 Å². The van der Waals surface area contributed by atoms with Gasteiger partial charge in [0.05, 0.1) is 44.6 Å². The molecule has 194 valence electrons. The molecular formula is C26H26F2N4O5. The van der Waals surface area contributed by atoms with E-state index < -0.39 is 36.3 Å². The predicted octanol–water partition coefficient (Wildman–Crippen LogP) is 4.77. The number of para-hydroxylation sites is 1. The lowest BCUT2D eigenvalue weighted by Gasteiger charge is -2.24. The number of halogens is 2. The third kappa shape index (κ3) is 4.72. The molecule has 2 aromatic carbocycles. The highest BCUT2D eigenvalue weighted by Crippen LogP contribution is 2.47. The smallest absolute Gasteiger partial charge is 0.308 e. The van der Waals surface area contributed by atoms with Crippen molar-refractivity contribution in [1.82, 2.24) is 14.8 Å². The molecule has 2 atom stereocenters. The van der Waals surface area contributed by atoms with E-state index in [0.29, 0.717) is 28.3 Å². The Bertz CT molecular complexity index is 1350. The number of carbonyl (C=O) groups excluding carboxylic acids is 1. The van der Waals surface area contributed by atoms with E-state index >= 15 is 8.78 Å². The number of benzene rings is 2.